The molecule has 0 spiro atoms. The largest absolute Gasteiger partial charge is 0.497 e. The van der Waals surface area contributed by atoms with E-state index in [1.54, 1.807) is 7.11 Å². The third-order valence-corrected chi connectivity index (χ3v) is 4.21. The van der Waals surface area contributed by atoms with Crippen LogP contribution in [0.15, 0.2) is 53.0 Å². The molecule has 0 aliphatic heterocycles. The summed E-state index contributed by atoms with van der Waals surface area (Å²) in [4.78, 5) is 0. The Morgan fingerprint density at radius 2 is 1.60 bits per heavy atom. The van der Waals surface area contributed by atoms with Gasteiger partial charge in [-0.2, -0.15) is 0 Å². The summed E-state index contributed by atoms with van der Waals surface area (Å²) in [6.07, 6.45) is 0. The van der Waals surface area contributed by atoms with Crippen LogP contribution in [0.1, 0.15) is 37.1 Å². The zero-order valence-corrected chi connectivity index (χ0v) is 13.6. The minimum Gasteiger partial charge on any atom is -0.497 e. The van der Waals surface area contributed by atoms with Crippen molar-refractivity contribution in [2.24, 2.45) is 0 Å². The third-order valence-electron chi connectivity index (χ3n) is 3.49. The first-order valence-corrected chi connectivity index (χ1v) is 7.55. The molecule has 3 heteroatoms. The van der Waals surface area contributed by atoms with E-state index in [4.69, 9.17) is 4.74 Å². The number of hydrogen-bond acceptors (Lipinski definition) is 2. The molecule has 0 amide bonds. The van der Waals surface area contributed by atoms with Gasteiger partial charge in [0.05, 0.1) is 7.11 Å². The topological polar surface area (TPSA) is 21.3 Å². The quantitative estimate of drug-likeness (QED) is 0.842. The Balaban J connectivity index is 2.06. The highest BCUT2D eigenvalue weighted by molar-refractivity contribution is 9.10. The zero-order valence-electron chi connectivity index (χ0n) is 12.1. The van der Waals surface area contributed by atoms with Crippen LogP contribution < -0.4 is 10.1 Å². The van der Waals surface area contributed by atoms with Crippen LogP contribution in [0.3, 0.4) is 0 Å². The van der Waals surface area contributed by atoms with Gasteiger partial charge in [0.25, 0.3) is 0 Å². The van der Waals surface area contributed by atoms with Gasteiger partial charge in [-0.05, 0) is 43.2 Å². The summed E-state index contributed by atoms with van der Waals surface area (Å²) in [6, 6.07) is 17.1. The fraction of sp³-hybridized carbons (Fsp3) is 0.294. The third kappa shape index (κ3) is 3.62. The number of ether oxygens (including phenoxy) is 1. The Labute approximate surface area is 129 Å². The van der Waals surface area contributed by atoms with Gasteiger partial charge in [-0.25, -0.2) is 0 Å². The Kier molecular flexibility index (Phi) is 5.21. The Bertz CT molecular complexity index is 553. The molecule has 1 unspecified atom stereocenters. The number of rotatable bonds is 5. The predicted molar refractivity (Wildman–Crippen MR) is 87.1 cm³/mol. The second-order valence-electron chi connectivity index (χ2n) is 4.90. The van der Waals surface area contributed by atoms with Gasteiger partial charge in [-0.1, -0.05) is 46.3 Å². The molecule has 1 N–H and O–H groups in total. The van der Waals surface area contributed by atoms with E-state index in [0.29, 0.717) is 0 Å². The van der Waals surface area contributed by atoms with E-state index in [2.05, 4.69) is 65.4 Å². The standard InChI is InChI=1S/C17H20BrNO/c1-12(14-8-10-15(20-3)11-9-14)19-13(2)16-6-4-5-7-17(16)18/h4-13,19H,1-3H3/t12?,13-/m1/s1. The van der Waals surface area contributed by atoms with Crippen LogP contribution in [0.4, 0.5) is 0 Å². The molecule has 2 atom stereocenters. The van der Waals surface area contributed by atoms with Gasteiger partial charge in [0, 0.05) is 16.6 Å². The van der Waals surface area contributed by atoms with Crippen LogP contribution in [0, 0.1) is 0 Å². The molecule has 106 valence electrons. The molecule has 0 aliphatic rings. The number of halogens is 1. The van der Waals surface area contributed by atoms with Crippen LogP contribution in [0.25, 0.3) is 0 Å². The Hall–Kier alpha value is -1.32. The van der Waals surface area contributed by atoms with Crippen LogP contribution in [0.2, 0.25) is 0 Å². The minimum absolute atomic E-state index is 0.280. The molecule has 0 saturated heterocycles. The Morgan fingerprint density at radius 3 is 2.20 bits per heavy atom. The monoisotopic (exact) mass is 333 g/mol. The van der Waals surface area contributed by atoms with Crippen molar-refractivity contribution < 1.29 is 4.74 Å². The lowest BCUT2D eigenvalue weighted by Gasteiger charge is -2.22. The van der Waals surface area contributed by atoms with Gasteiger partial charge >= 0.3 is 0 Å². The summed E-state index contributed by atoms with van der Waals surface area (Å²) in [5.41, 5.74) is 2.53. The van der Waals surface area contributed by atoms with Crippen LogP contribution >= 0.6 is 15.9 Å². The van der Waals surface area contributed by atoms with Crippen LogP contribution in [0.5, 0.6) is 5.75 Å². The molecule has 2 rings (SSSR count). The van der Waals surface area contributed by atoms with Crippen LogP contribution in [-0.4, -0.2) is 7.11 Å². The van der Waals surface area contributed by atoms with Crippen molar-refractivity contribution in [3.8, 4) is 5.75 Å². The number of methoxy groups -OCH3 is 1. The van der Waals surface area contributed by atoms with E-state index in [1.165, 1.54) is 11.1 Å². The van der Waals surface area contributed by atoms with Crippen molar-refractivity contribution in [3.63, 3.8) is 0 Å². The summed E-state index contributed by atoms with van der Waals surface area (Å²) in [5.74, 6) is 0.889. The maximum Gasteiger partial charge on any atom is 0.118 e. The molecule has 0 saturated carbocycles. The van der Waals surface area contributed by atoms with Crippen molar-refractivity contribution in [3.05, 3.63) is 64.1 Å². The number of benzene rings is 2. The van der Waals surface area contributed by atoms with Gasteiger partial charge < -0.3 is 10.1 Å². The molecule has 0 aliphatic carbocycles. The lowest BCUT2D eigenvalue weighted by atomic mass is 10.0. The van der Waals surface area contributed by atoms with E-state index < -0.39 is 0 Å². The number of hydrogen-bond donors (Lipinski definition) is 1. The summed E-state index contributed by atoms with van der Waals surface area (Å²) in [5, 5.41) is 3.62. The minimum atomic E-state index is 0.280. The van der Waals surface area contributed by atoms with Crippen LogP contribution in [-0.2, 0) is 0 Å². The van der Waals surface area contributed by atoms with Gasteiger partial charge in [0.15, 0.2) is 0 Å². The van der Waals surface area contributed by atoms with Gasteiger partial charge in [0.1, 0.15) is 5.75 Å². The molecule has 0 fully saturated rings. The summed E-state index contributed by atoms with van der Waals surface area (Å²) < 4.78 is 6.33. The van der Waals surface area contributed by atoms with Gasteiger partial charge in [-0.15, -0.1) is 0 Å². The average molecular weight is 334 g/mol. The molecule has 0 heterocycles. The highest BCUT2D eigenvalue weighted by Crippen LogP contribution is 2.26. The highest BCUT2D eigenvalue weighted by Gasteiger charge is 2.13. The van der Waals surface area contributed by atoms with Crippen molar-refractivity contribution in [2.75, 3.05) is 7.11 Å². The van der Waals surface area contributed by atoms with E-state index in [0.717, 1.165) is 10.2 Å². The second kappa shape index (κ2) is 6.91. The second-order valence-corrected chi connectivity index (χ2v) is 5.76. The lowest BCUT2D eigenvalue weighted by Crippen LogP contribution is -2.22. The zero-order chi connectivity index (χ0) is 14.5. The SMILES string of the molecule is COc1ccc(C(C)N[C@H](C)c2ccccc2Br)cc1. The molecule has 2 nitrogen and oxygen atoms in total. The summed E-state index contributed by atoms with van der Waals surface area (Å²) >= 11 is 3.61. The van der Waals surface area contributed by atoms with Crippen molar-refractivity contribution in [1.29, 1.82) is 0 Å². The van der Waals surface area contributed by atoms with E-state index >= 15 is 0 Å². The summed E-state index contributed by atoms with van der Waals surface area (Å²) in [7, 11) is 1.69. The lowest BCUT2D eigenvalue weighted by molar-refractivity contribution is 0.414. The molecular weight excluding hydrogens is 314 g/mol. The average Bonchev–Trinajstić information content (AvgIpc) is 2.47. The van der Waals surface area contributed by atoms with Crippen molar-refractivity contribution in [1.82, 2.24) is 5.32 Å². The predicted octanol–water partition coefficient (Wildman–Crippen LogP) is 4.87. The number of nitrogens with one attached hydrogen (secondary N) is 1. The molecule has 20 heavy (non-hydrogen) atoms. The molecule has 0 aromatic heterocycles. The first-order valence-electron chi connectivity index (χ1n) is 6.76. The summed E-state index contributed by atoms with van der Waals surface area (Å²) in [6.45, 7) is 4.36. The maximum atomic E-state index is 5.19. The smallest absolute Gasteiger partial charge is 0.118 e. The molecule has 0 radical (unpaired) electrons. The maximum absolute atomic E-state index is 5.19. The Morgan fingerprint density at radius 1 is 0.950 bits per heavy atom. The fourth-order valence-electron chi connectivity index (χ4n) is 2.28. The molecule has 0 bridgehead atoms. The molecule has 2 aromatic carbocycles. The molecule has 2 aromatic rings. The first kappa shape index (κ1) is 15.1. The van der Waals surface area contributed by atoms with Gasteiger partial charge in [-0.3, -0.25) is 0 Å². The van der Waals surface area contributed by atoms with E-state index in [9.17, 15) is 0 Å². The normalized spacial score (nSPS) is 13.8. The van der Waals surface area contributed by atoms with E-state index in [1.807, 2.05) is 18.2 Å². The van der Waals surface area contributed by atoms with Crippen molar-refractivity contribution >= 4 is 15.9 Å². The molecular formula is C17H20BrNO. The van der Waals surface area contributed by atoms with Gasteiger partial charge in [0.2, 0.25) is 0 Å². The fourth-order valence-corrected chi connectivity index (χ4v) is 2.91. The first-order chi connectivity index (χ1) is 9.61. The van der Waals surface area contributed by atoms with Crippen molar-refractivity contribution in [2.45, 2.75) is 25.9 Å². The highest BCUT2D eigenvalue weighted by atomic mass is 79.9. The van der Waals surface area contributed by atoms with E-state index in [-0.39, 0.29) is 12.1 Å².